The zero-order valence-electron chi connectivity index (χ0n) is 11.2. The van der Waals surface area contributed by atoms with Crippen molar-refractivity contribution < 1.29 is 9.53 Å². The SMILES string of the molecule is CC(C)C(C#N)C(=O)NCCOCCN(C)C. The third-order valence-electron chi connectivity index (χ3n) is 2.32. The average molecular weight is 241 g/mol. The van der Waals surface area contributed by atoms with Crippen molar-refractivity contribution >= 4 is 5.91 Å². The fourth-order valence-corrected chi connectivity index (χ4v) is 1.22. The number of likely N-dealkylation sites (N-methyl/N-ethyl adjacent to an activating group) is 1. The Bertz CT molecular complexity index is 259. The van der Waals surface area contributed by atoms with E-state index in [1.54, 1.807) is 0 Å². The van der Waals surface area contributed by atoms with E-state index in [1.165, 1.54) is 0 Å². The van der Waals surface area contributed by atoms with Gasteiger partial charge in [-0.3, -0.25) is 4.79 Å². The van der Waals surface area contributed by atoms with Crippen molar-refractivity contribution in [2.24, 2.45) is 11.8 Å². The Morgan fingerprint density at radius 3 is 2.53 bits per heavy atom. The molecule has 0 saturated carbocycles. The fraction of sp³-hybridized carbons (Fsp3) is 0.833. The Hall–Kier alpha value is -1.12. The summed E-state index contributed by atoms with van der Waals surface area (Å²) in [4.78, 5) is 13.6. The van der Waals surface area contributed by atoms with Crippen molar-refractivity contribution in [2.45, 2.75) is 13.8 Å². The highest BCUT2D eigenvalue weighted by Crippen LogP contribution is 2.08. The van der Waals surface area contributed by atoms with E-state index in [2.05, 4.69) is 5.32 Å². The van der Waals surface area contributed by atoms with Crippen LogP contribution in [0.4, 0.5) is 0 Å². The maximum Gasteiger partial charge on any atom is 0.237 e. The van der Waals surface area contributed by atoms with Crippen molar-refractivity contribution in [1.82, 2.24) is 10.2 Å². The van der Waals surface area contributed by atoms with Gasteiger partial charge in [-0.2, -0.15) is 5.26 Å². The fourth-order valence-electron chi connectivity index (χ4n) is 1.22. The average Bonchev–Trinajstić information content (AvgIpc) is 2.23. The summed E-state index contributed by atoms with van der Waals surface area (Å²) in [7, 11) is 3.95. The van der Waals surface area contributed by atoms with Crippen molar-refractivity contribution in [1.29, 1.82) is 5.26 Å². The van der Waals surface area contributed by atoms with Crippen molar-refractivity contribution in [3.8, 4) is 6.07 Å². The third-order valence-corrected chi connectivity index (χ3v) is 2.32. The van der Waals surface area contributed by atoms with E-state index in [0.717, 1.165) is 6.54 Å². The van der Waals surface area contributed by atoms with E-state index in [-0.39, 0.29) is 11.8 Å². The minimum Gasteiger partial charge on any atom is -0.378 e. The number of nitrogens with one attached hydrogen (secondary N) is 1. The molecular weight excluding hydrogens is 218 g/mol. The largest absolute Gasteiger partial charge is 0.378 e. The molecule has 0 fully saturated rings. The van der Waals surface area contributed by atoms with Crippen molar-refractivity contribution in [2.75, 3.05) is 40.4 Å². The number of ether oxygens (including phenoxy) is 1. The minimum atomic E-state index is -0.572. The minimum absolute atomic E-state index is 0.0367. The summed E-state index contributed by atoms with van der Waals surface area (Å²) in [5.41, 5.74) is 0. The highest BCUT2D eigenvalue weighted by atomic mass is 16.5. The second kappa shape index (κ2) is 8.97. The molecule has 1 amide bonds. The van der Waals surface area contributed by atoms with E-state index in [0.29, 0.717) is 19.8 Å². The van der Waals surface area contributed by atoms with Crippen LogP contribution in [0.5, 0.6) is 0 Å². The van der Waals surface area contributed by atoms with E-state index in [4.69, 9.17) is 10.00 Å². The molecule has 0 bridgehead atoms. The van der Waals surface area contributed by atoms with Crippen LogP contribution in [0.2, 0.25) is 0 Å². The highest BCUT2D eigenvalue weighted by molar-refractivity contribution is 5.81. The molecule has 98 valence electrons. The first-order valence-corrected chi connectivity index (χ1v) is 5.88. The molecule has 1 unspecified atom stereocenters. The van der Waals surface area contributed by atoms with Gasteiger partial charge in [-0.1, -0.05) is 13.8 Å². The molecule has 17 heavy (non-hydrogen) atoms. The first kappa shape index (κ1) is 15.9. The van der Waals surface area contributed by atoms with Gasteiger partial charge in [0, 0.05) is 13.1 Å². The molecule has 0 radical (unpaired) electrons. The molecule has 5 heteroatoms. The number of rotatable bonds is 8. The highest BCUT2D eigenvalue weighted by Gasteiger charge is 2.20. The van der Waals surface area contributed by atoms with Crippen molar-refractivity contribution in [3.05, 3.63) is 0 Å². The Morgan fingerprint density at radius 1 is 1.41 bits per heavy atom. The quantitative estimate of drug-likeness (QED) is 0.628. The van der Waals surface area contributed by atoms with E-state index in [1.807, 2.05) is 38.9 Å². The van der Waals surface area contributed by atoms with Crippen molar-refractivity contribution in [3.63, 3.8) is 0 Å². The molecule has 0 spiro atoms. The van der Waals surface area contributed by atoms with Gasteiger partial charge >= 0.3 is 0 Å². The van der Waals surface area contributed by atoms with Crippen LogP contribution in [-0.2, 0) is 9.53 Å². The summed E-state index contributed by atoms with van der Waals surface area (Å²) >= 11 is 0. The molecule has 1 atom stereocenters. The summed E-state index contributed by atoms with van der Waals surface area (Å²) < 4.78 is 5.33. The Kier molecular flexibility index (Phi) is 8.38. The van der Waals surface area contributed by atoms with Gasteiger partial charge < -0.3 is 15.0 Å². The number of amides is 1. The van der Waals surface area contributed by atoms with Gasteiger partial charge in [-0.15, -0.1) is 0 Å². The topological polar surface area (TPSA) is 65.4 Å². The summed E-state index contributed by atoms with van der Waals surface area (Å²) in [6, 6.07) is 2.01. The molecule has 5 nitrogen and oxygen atoms in total. The zero-order chi connectivity index (χ0) is 13.3. The van der Waals surface area contributed by atoms with Crippen LogP contribution in [0.15, 0.2) is 0 Å². The number of carbonyl (C=O) groups is 1. The van der Waals surface area contributed by atoms with Gasteiger partial charge in [0.1, 0.15) is 5.92 Å². The van der Waals surface area contributed by atoms with Crippen LogP contribution in [0, 0.1) is 23.2 Å². The van der Waals surface area contributed by atoms with Crippen LogP contribution in [0.1, 0.15) is 13.8 Å². The standard InChI is InChI=1S/C12H23N3O2/c1-10(2)11(9-13)12(16)14-5-7-17-8-6-15(3)4/h10-11H,5-8H2,1-4H3,(H,14,16). The first-order chi connectivity index (χ1) is 7.99. The van der Waals surface area contributed by atoms with Gasteiger partial charge in [-0.05, 0) is 20.0 Å². The number of hydrogen-bond donors (Lipinski definition) is 1. The summed E-state index contributed by atoms with van der Waals surface area (Å²) in [5.74, 6) is -0.745. The summed E-state index contributed by atoms with van der Waals surface area (Å²) in [6.45, 7) is 6.17. The maximum atomic E-state index is 11.6. The molecule has 0 aromatic rings. The van der Waals surface area contributed by atoms with Gasteiger partial charge in [-0.25, -0.2) is 0 Å². The van der Waals surface area contributed by atoms with Gasteiger partial charge in [0.15, 0.2) is 0 Å². The second-order valence-electron chi connectivity index (χ2n) is 4.56. The van der Waals surface area contributed by atoms with E-state index >= 15 is 0 Å². The lowest BCUT2D eigenvalue weighted by atomic mass is 9.97. The monoisotopic (exact) mass is 241 g/mol. The molecule has 0 heterocycles. The summed E-state index contributed by atoms with van der Waals surface area (Å²) in [6.07, 6.45) is 0. The smallest absolute Gasteiger partial charge is 0.237 e. The number of nitriles is 1. The molecule has 0 rings (SSSR count). The zero-order valence-corrected chi connectivity index (χ0v) is 11.2. The molecule has 0 aliphatic rings. The molecule has 0 saturated heterocycles. The Labute approximate surface area is 104 Å². The first-order valence-electron chi connectivity index (χ1n) is 5.88. The van der Waals surface area contributed by atoms with E-state index in [9.17, 15) is 4.79 Å². The van der Waals surface area contributed by atoms with Crippen LogP contribution in [0.25, 0.3) is 0 Å². The van der Waals surface area contributed by atoms with E-state index < -0.39 is 5.92 Å². The van der Waals surface area contributed by atoms with Gasteiger partial charge in [0.05, 0.1) is 19.3 Å². The molecule has 0 aliphatic heterocycles. The molecule has 0 aromatic carbocycles. The maximum absolute atomic E-state index is 11.6. The molecule has 1 N–H and O–H groups in total. The Balaban J connectivity index is 3.61. The molecular formula is C12H23N3O2. The number of carbonyl (C=O) groups excluding carboxylic acids is 1. The lowest BCUT2D eigenvalue weighted by Gasteiger charge is -2.13. The number of nitrogens with zero attached hydrogens (tertiary/aromatic N) is 2. The third kappa shape index (κ3) is 7.72. The normalized spacial score (nSPS) is 12.5. The predicted molar refractivity (Wildman–Crippen MR) is 66.3 cm³/mol. The van der Waals surface area contributed by atoms with Gasteiger partial charge in [0.2, 0.25) is 5.91 Å². The van der Waals surface area contributed by atoms with Crippen LogP contribution >= 0.6 is 0 Å². The van der Waals surface area contributed by atoms with Gasteiger partial charge in [0.25, 0.3) is 0 Å². The second-order valence-corrected chi connectivity index (χ2v) is 4.56. The van der Waals surface area contributed by atoms with Crippen LogP contribution < -0.4 is 5.32 Å². The van der Waals surface area contributed by atoms with Crippen LogP contribution in [-0.4, -0.2) is 51.2 Å². The van der Waals surface area contributed by atoms with Crippen LogP contribution in [0.3, 0.4) is 0 Å². The number of hydrogen-bond acceptors (Lipinski definition) is 4. The Morgan fingerprint density at radius 2 is 2.06 bits per heavy atom. The molecule has 0 aliphatic carbocycles. The summed E-state index contributed by atoms with van der Waals surface area (Å²) in [5, 5.41) is 11.5. The predicted octanol–water partition coefficient (Wildman–Crippen LogP) is 0.477. The molecule has 0 aromatic heterocycles. The lowest BCUT2D eigenvalue weighted by Crippen LogP contribution is -2.35. The lowest BCUT2D eigenvalue weighted by molar-refractivity contribution is -0.124.